The number of nitrogens with zero attached hydrogens (tertiary/aromatic N) is 3. The van der Waals surface area contributed by atoms with Gasteiger partial charge in [0.15, 0.2) is 0 Å². The summed E-state index contributed by atoms with van der Waals surface area (Å²) >= 11 is 0. The van der Waals surface area contributed by atoms with Crippen molar-refractivity contribution in [1.82, 2.24) is 0 Å². The second-order valence-corrected chi connectivity index (χ2v) is 44.6. The van der Waals surface area contributed by atoms with E-state index in [1.165, 1.54) is 97.4 Å². The van der Waals surface area contributed by atoms with Crippen molar-refractivity contribution in [3.05, 3.63) is 526 Å². The van der Waals surface area contributed by atoms with Gasteiger partial charge in [0.05, 0.1) is 61.6 Å². The summed E-state index contributed by atoms with van der Waals surface area (Å²) in [5, 5.41) is 16.2. The minimum Gasteiger partial charge on any atom is -0.494 e. The molecular weight excluding hydrogens is 1950 g/mol. The Labute approximate surface area is 826 Å². The van der Waals surface area contributed by atoms with Gasteiger partial charge in [-0.1, -0.05) is 417 Å². The van der Waals surface area contributed by atoms with Gasteiger partial charge in [0, 0.05) is 80.7 Å². The Morgan fingerprint density at radius 3 is 0.455 bits per heavy atom. The maximum absolute atomic E-state index is 10.7. The Hall–Kier alpha value is -11.0. The zero-order valence-electron chi connectivity index (χ0n) is 74.1. The van der Waals surface area contributed by atoms with E-state index < -0.39 is 56.2 Å². The van der Waals surface area contributed by atoms with Gasteiger partial charge in [0.2, 0.25) is 0 Å². The molecule has 0 amide bonds. The molecule has 0 N–H and O–H groups in total. The predicted octanol–water partition coefficient (Wildman–Crippen LogP) is 28.1. The number of benzene rings is 17. The van der Waals surface area contributed by atoms with Crippen LogP contribution in [0, 0.1) is 45.5 Å². The molecule has 134 heavy (non-hydrogen) atoms. The van der Waals surface area contributed by atoms with Gasteiger partial charge in [0.1, 0.15) is 11.5 Å². The third-order valence-corrected chi connectivity index (χ3v) is 35.9. The number of halogens is 6. The molecule has 0 unspecified atom stereocenters. The normalized spacial score (nSPS) is 11.0. The van der Waals surface area contributed by atoms with Gasteiger partial charge in [-0.2, -0.15) is 0 Å². The van der Waals surface area contributed by atoms with Crippen molar-refractivity contribution >= 4 is 137 Å². The molecule has 0 aliphatic heterocycles. The Kier molecular flexibility index (Phi) is 42.5. The Morgan fingerprint density at radius 2 is 0.343 bits per heavy atom. The van der Waals surface area contributed by atoms with Gasteiger partial charge in [-0.05, 0) is 95.3 Å². The molecule has 0 heterocycles. The van der Waals surface area contributed by atoms with Crippen LogP contribution >= 0.6 is 56.2 Å². The molecule has 0 aliphatic carbocycles. The molecule has 0 aliphatic rings. The van der Waals surface area contributed by atoms with Crippen molar-refractivity contribution in [2.45, 2.75) is 34.6 Å². The summed E-state index contributed by atoms with van der Waals surface area (Å²) < 4.78 is 77.8. The fourth-order valence-corrected chi connectivity index (χ4v) is 31.6. The van der Waals surface area contributed by atoms with Crippen molar-refractivity contribution in [2.24, 2.45) is 0 Å². The van der Waals surface area contributed by atoms with E-state index in [0.29, 0.717) is 13.2 Å². The van der Waals surface area contributed by atoms with E-state index in [1.54, 1.807) is 24.3 Å². The van der Waals surface area contributed by atoms with Crippen LogP contribution in [0.1, 0.15) is 41.7 Å². The van der Waals surface area contributed by atoms with Crippen LogP contribution in [0.15, 0.2) is 485 Å². The second-order valence-electron chi connectivity index (χ2n) is 29.4. The van der Waals surface area contributed by atoms with Gasteiger partial charge in [-0.15, -0.1) is 35.4 Å². The first-order chi connectivity index (χ1) is 63.6. The molecule has 0 fully saturated rings. The first-order valence-electron chi connectivity index (χ1n) is 42.5. The van der Waals surface area contributed by atoms with Crippen LogP contribution in [0.4, 0.5) is 42.2 Å². The third-order valence-electron chi connectivity index (χ3n) is 19.6. The van der Waals surface area contributed by atoms with Crippen molar-refractivity contribution in [1.29, 1.82) is 0 Å². The molecule has 0 bridgehead atoms. The molecule has 21 heteroatoms. The molecule has 17 aromatic carbocycles. The maximum atomic E-state index is 9.87. The molecule has 0 radical (unpaired) electrons. The van der Waals surface area contributed by atoms with Gasteiger partial charge < -0.3 is 35.6 Å². The second kappa shape index (κ2) is 53.3. The van der Waals surface area contributed by atoms with Crippen molar-refractivity contribution < 1.29 is 85.9 Å². The Bertz CT molecular complexity index is 5240. The fraction of sp³-hybridized carbons (Fsp3) is 0.0619. The van der Waals surface area contributed by atoms with Gasteiger partial charge in [0.25, 0.3) is 0 Å². The van der Waals surface area contributed by atoms with Crippen LogP contribution in [0.3, 0.4) is 0 Å². The van der Waals surface area contributed by atoms with Crippen LogP contribution in [0.2, 0.25) is 0 Å². The summed E-state index contributed by atoms with van der Waals surface area (Å²) in [4.78, 5) is 0. The van der Waals surface area contributed by atoms with Gasteiger partial charge >= 0.3 is 84.2 Å². The van der Waals surface area contributed by atoms with Crippen LogP contribution in [0.5, 0.6) is 11.5 Å². The number of anilines is 3. The van der Waals surface area contributed by atoms with Gasteiger partial charge in [-0.25, -0.2) is 0 Å². The molecule has 17 rings (SSSR count). The number of rotatable bonds is 25. The molecule has 0 saturated heterocycles. The molecule has 17 aromatic rings. The smallest absolute Gasteiger partial charge is 0.494 e. The van der Waals surface area contributed by atoms with Crippen LogP contribution < -0.4 is 86.5 Å². The van der Waals surface area contributed by atoms with Crippen LogP contribution in [0.25, 0.3) is 0 Å². The van der Waals surface area contributed by atoms with E-state index in [9.17, 15) is 25.2 Å². The van der Waals surface area contributed by atoms with E-state index in [0.717, 1.165) is 22.6 Å². The number of hydrogen-bond donors (Lipinski definition) is 0. The molecule has 0 atom stereocenters. The summed E-state index contributed by atoms with van der Waals surface area (Å²) in [5.74, 6) is 6.26. The van der Waals surface area contributed by atoms with Crippen molar-refractivity contribution in [3.8, 4) is 23.3 Å². The summed E-state index contributed by atoms with van der Waals surface area (Å²) in [6.45, 7) is 11.7. The Morgan fingerprint density at radius 1 is 0.216 bits per heavy atom. The Balaban J connectivity index is 0.000000194. The zero-order valence-corrected chi connectivity index (χ0v) is 83.1. The van der Waals surface area contributed by atoms with E-state index in [1.807, 2.05) is 38.1 Å². The fourth-order valence-electron chi connectivity index (χ4n) is 13.6. The number of hydrogen-bond acceptors (Lipinski definition) is 5. The molecular formula is C113H99Cu3F6N3O2P7. The topological polar surface area (TPSA) is 28.2 Å². The van der Waals surface area contributed by atoms with E-state index in [4.69, 9.17) is 22.3 Å². The van der Waals surface area contributed by atoms with Crippen molar-refractivity contribution in [3.63, 3.8) is 0 Å². The van der Waals surface area contributed by atoms with E-state index in [-0.39, 0.29) is 51.2 Å². The summed E-state index contributed by atoms with van der Waals surface area (Å²) in [5.41, 5.74) is 9.13. The van der Waals surface area contributed by atoms with Gasteiger partial charge in [-0.3, -0.25) is 11.8 Å². The molecule has 0 aromatic heterocycles. The summed E-state index contributed by atoms with van der Waals surface area (Å²) in [6, 6.07) is 174. The first-order valence-corrected chi connectivity index (χ1v) is 52.3. The first kappa shape index (κ1) is 107. The minimum absolute atomic E-state index is 0. The summed E-state index contributed by atoms with van der Waals surface area (Å²) in [6.07, 6.45) is 13.7. The van der Waals surface area contributed by atoms with Crippen LogP contribution in [-0.2, 0) is 51.2 Å². The third kappa shape index (κ3) is 33.2. The average Bonchev–Trinajstić information content (AvgIpc) is 0.769. The number of ether oxygens (including phenoxy) is 2. The standard InChI is InChI=1S/3C31H27NP2.2C10H9O.3Cu.F6P/c3*1-26-22-24-27(25-23-26)32(33(28-14-6-2-7-15-28)29-16-8-3-9-17-29)34(30-18-10-4-11-19-30)31-20-12-5-13-21-31;2*1-3-9-5-7-10(8-6-9)11-4-2;;;;1-7(2,3,4,5)6/h3*2-25H,1H3;2*5-8H,4H2,2H3;;;;/q;;;2*-1;3*+1;-1. The monoisotopic (exact) mass is 2050 g/mol. The largest absolute Gasteiger partial charge is 1.00 e. The SMILES string of the molecule is Cc1ccc(N(P(c2ccccc2)c2ccccc2)P(c2ccccc2)c2ccccc2)cc1.Cc1ccc(N(P(c2ccccc2)c2ccccc2)P(c2ccccc2)c2ccccc2)cc1.Cc1ccc(N(P(c2ccccc2)c2ccccc2)P(c2ccccc2)c2ccccc2)cc1.F[P-](F)(F)(F)(F)F.[C-]#Cc1ccc(OCC)cc1.[C-]#Cc1ccc(OCC)cc1.[Cu+].[Cu+].[Cu+]. The molecule has 5 nitrogen and oxygen atoms in total. The molecule has 0 spiro atoms. The van der Waals surface area contributed by atoms with E-state index in [2.05, 4.69) is 483 Å². The molecule has 688 valence electrons. The van der Waals surface area contributed by atoms with E-state index >= 15 is 0 Å². The van der Waals surface area contributed by atoms with Crippen LogP contribution in [-0.4, -0.2) is 13.2 Å². The quantitative estimate of drug-likeness (QED) is 0.0187. The predicted molar refractivity (Wildman–Crippen MR) is 557 cm³/mol. The summed E-state index contributed by atoms with van der Waals surface area (Å²) in [7, 11) is -15.6. The molecule has 0 saturated carbocycles. The zero-order chi connectivity index (χ0) is 92.1. The van der Waals surface area contributed by atoms with Crippen molar-refractivity contribution in [2.75, 3.05) is 26.5 Å². The number of aryl methyl sites for hydroxylation is 3. The minimum atomic E-state index is -10.7. The average molecular weight is 2050 g/mol. The maximum Gasteiger partial charge on any atom is 1.00 e.